The van der Waals surface area contributed by atoms with E-state index in [-0.39, 0.29) is 33.5 Å². The number of nitrogens with one attached hydrogen (secondary N) is 1. The summed E-state index contributed by atoms with van der Waals surface area (Å²) in [6, 6.07) is 10.6. The summed E-state index contributed by atoms with van der Waals surface area (Å²) in [5, 5.41) is 10.8. The number of carboxylic acids is 1. The van der Waals surface area contributed by atoms with Crippen molar-refractivity contribution in [3.8, 4) is 5.75 Å². The first kappa shape index (κ1) is 25.8. The number of nitrogens with zero attached hydrogens (tertiary/aromatic N) is 1. The number of halogens is 1. The second-order valence-corrected chi connectivity index (χ2v) is 8.35. The Hall–Kier alpha value is -3.83. The molecular formula is C23H19ClN2O8S. The SMILES string of the molecule is CCOC(=O)c1cc(NC(=O)CN2C(=O)S/C(=C/c3ccccc3OCC(=O)O)C2=O)ccc1Cl. The highest BCUT2D eigenvalue weighted by Crippen LogP contribution is 2.34. The number of imide groups is 1. The van der Waals surface area contributed by atoms with Crippen LogP contribution in [0.2, 0.25) is 5.02 Å². The van der Waals surface area contributed by atoms with Crippen molar-refractivity contribution in [3.05, 3.63) is 63.5 Å². The van der Waals surface area contributed by atoms with Crippen molar-refractivity contribution in [2.75, 3.05) is 25.1 Å². The third kappa shape index (κ3) is 6.61. The first-order valence-electron chi connectivity index (χ1n) is 10.1. The van der Waals surface area contributed by atoms with E-state index in [2.05, 4.69) is 5.32 Å². The van der Waals surface area contributed by atoms with Crippen molar-refractivity contribution >= 4 is 64.1 Å². The van der Waals surface area contributed by atoms with Gasteiger partial charge in [-0.15, -0.1) is 0 Å². The summed E-state index contributed by atoms with van der Waals surface area (Å²) in [6.45, 7) is 0.657. The zero-order chi connectivity index (χ0) is 25.5. The number of ether oxygens (including phenoxy) is 2. The minimum Gasteiger partial charge on any atom is -0.481 e. The molecule has 2 aromatic rings. The Morgan fingerprint density at radius 1 is 1.17 bits per heavy atom. The van der Waals surface area contributed by atoms with E-state index >= 15 is 0 Å². The van der Waals surface area contributed by atoms with E-state index < -0.39 is 42.1 Å². The first-order valence-corrected chi connectivity index (χ1v) is 11.3. The van der Waals surface area contributed by atoms with Crippen LogP contribution >= 0.6 is 23.4 Å². The number of anilines is 1. The lowest BCUT2D eigenvalue weighted by Gasteiger charge is -2.13. The largest absolute Gasteiger partial charge is 0.481 e. The predicted octanol–water partition coefficient (Wildman–Crippen LogP) is 3.66. The first-order chi connectivity index (χ1) is 16.7. The number of benzene rings is 2. The molecule has 2 N–H and O–H groups in total. The molecule has 0 unspecified atom stereocenters. The quantitative estimate of drug-likeness (QED) is 0.376. The van der Waals surface area contributed by atoms with Gasteiger partial charge < -0.3 is 19.9 Å². The van der Waals surface area contributed by atoms with E-state index in [9.17, 15) is 24.0 Å². The maximum atomic E-state index is 12.8. The van der Waals surface area contributed by atoms with E-state index in [1.165, 1.54) is 30.3 Å². The number of para-hydroxylation sites is 1. The fourth-order valence-corrected chi connectivity index (χ4v) is 3.98. The van der Waals surface area contributed by atoms with E-state index in [0.29, 0.717) is 17.3 Å². The minimum absolute atomic E-state index is 0.0465. The lowest BCUT2D eigenvalue weighted by Crippen LogP contribution is -2.36. The average Bonchev–Trinajstić information content (AvgIpc) is 3.07. The summed E-state index contributed by atoms with van der Waals surface area (Å²) in [7, 11) is 0. The van der Waals surface area contributed by atoms with Crippen molar-refractivity contribution in [2.24, 2.45) is 0 Å². The Morgan fingerprint density at radius 2 is 1.91 bits per heavy atom. The molecule has 2 aromatic carbocycles. The number of carbonyl (C=O) groups excluding carboxylic acids is 4. The molecule has 0 saturated carbocycles. The van der Waals surface area contributed by atoms with Crippen LogP contribution in [0, 0.1) is 0 Å². The summed E-state index contributed by atoms with van der Waals surface area (Å²) in [6.07, 6.45) is 1.39. The summed E-state index contributed by atoms with van der Waals surface area (Å²) in [4.78, 5) is 61.3. The fraction of sp³-hybridized carbons (Fsp3) is 0.174. The lowest BCUT2D eigenvalue weighted by molar-refractivity contribution is -0.139. The number of carboxylic acid groups (broad SMARTS) is 1. The van der Waals surface area contributed by atoms with E-state index in [1.54, 1.807) is 25.1 Å². The maximum Gasteiger partial charge on any atom is 0.341 e. The highest BCUT2D eigenvalue weighted by molar-refractivity contribution is 8.18. The van der Waals surface area contributed by atoms with Gasteiger partial charge in [-0.3, -0.25) is 19.3 Å². The number of carbonyl (C=O) groups is 5. The predicted molar refractivity (Wildman–Crippen MR) is 128 cm³/mol. The molecular weight excluding hydrogens is 500 g/mol. The molecule has 1 aliphatic heterocycles. The van der Waals surface area contributed by atoms with Gasteiger partial charge in [0.25, 0.3) is 11.1 Å². The fourth-order valence-electron chi connectivity index (χ4n) is 2.96. The van der Waals surface area contributed by atoms with Crippen LogP contribution in [0.4, 0.5) is 10.5 Å². The second-order valence-electron chi connectivity index (χ2n) is 6.95. The van der Waals surface area contributed by atoms with Gasteiger partial charge in [-0.2, -0.15) is 0 Å². The molecule has 1 heterocycles. The van der Waals surface area contributed by atoms with Gasteiger partial charge in [-0.25, -0.2) is 9.59 Å². The number of hydrogen-bond acceptors (Lipinski definition) is 8. The summed E-state index contributed by atoms with van der Waals surface area (Å²) >= 11 is 6.65. The van der Waals surface area contributed by atoms with Crippen LogP contribution in [0.25, 0.3) is 6.08 Å². The van der Waals surface area contributed by atoms with Gasteiger partial charge in [0.2, 0.25) is 5.91 Å². The van der Waals surface area contributed by atoms with Gasteiger partial charge >= 0.3 is 11.9 Å². The van der Waals surface area contributed by atoms with Gasteiger partial charge in [0.1, 0.15) is 12.3 Å². The van der Waals surface area contributed by atoms with Crippen molar-refractivity contribution in [1.29, 1.82) is 0 Å². The Balaban J connectivity index is 1.71. The molecule has 1 aliphatic rings. The number of rotatable bonds is 9. The van der Waals surface area contributed by atoms with Crippen LogP contribution in [0.3, 0.4) is 0 Å². The molecule has 3 amide bonds. The molecule has 35 heavy (non-hydrogen) atoms. The van der Waals surface area contributed by atoms with E-state index in [0.717, 1.165) is 4.90 Å². The van der Waals surface area contributed by atoms with E-state index in [4.69, 9.17) is 26.2 Å². The van der Waals surface area contributed by atoms with Crippen LogP contribution in [0.1, 0.15) is 22.8 Å². The zero-order valence-corrected chi connectivity index (χ0v) is 19.9. The van der Waals surface area contributed by atoms with Crippen LogP contribution in [0.5, 0.6) is 5.75 Å². The molecule has 12 heteroatoms. The number of thioether (sulfide) groups is 1. The van der Waals surface area contributed by atoms with E-state index in [1.807, 2.05) is 0 Å². The smallest absolute Gasteiger partial charge is 0.341 e. The molecule has 0 aromatic heterocycles. The van der Waals surface area contributed by atoms with Crippen LogP contribution in [-0.2, 0) is 19.1 Å². The number of aliphatic carboxylic acids is 1. The Labute approximate surface area is 208 Å². The highest BCUT2D eigenvalue weighted by Gasteiger charge is 2.36. The zero-order valence-electron chi connectivity index (χ0n) is 18.3. The third-order valence-electron chi connectivity index (χ3n) is 4.48. The van der Waals surface area contributed by atoms with Gasteiger partial charge in [0, 0.05) is 11.3 Å². The molecule has 1 fully saturated rings. The second kappa shape index (κ2) is 11.5. The summed E-state index contributed by atoms with van der Waals surface area (Å²) in [5.41, 5.74) is 0.690. The maximum absolute atomic E-state index is 12.8. The molecule has 0 aliphatic carbocycles. The molecule has 0 spiro atoms. The Kier molecular flexibility index (Phi) is 8.50. The topological polar surface area (TPSA) is 139 Å². The molecule has 0 atom stereocenters. The molecule has 3 rings (SSSR count). The van der Waals surface area contributed by atoms with Crippen LogP contribution < -0.4 is 10.1 Å². The van der Waals surface area contributed by atoms with Crippen molar-refractivity contribution in [3.63, 3.8) is 0 Å². The third-order valence-corrected chi connectivity index (χ3v) is 5.71. The van der Waals surface area contributed by atoms with Gasteiger partial charge in [-0.1, -0.05) is 29.8 Å². The molecule has 0 bridgehead atoms. The molecule has 10 nitrogen and oxygen atoms in total. The average molecular weight is 519 g/mol. The lowest BCUT2D eigenvalue weighted by atomic mass is 10.2. The van der Waals surface area contributed by atoms with Crippen LogP contribution in [-0.4, -0.2) is 58.8 Å². The van der Waals surface area contributed by atoms with Gasteiger partial charge in [0.05, 0.1) is 22.1 Å². The molecule has 182 valence electrons. The highest BCUT2D eigenvalue weighted by atomic mass is 35.5. The van der Waals surface area contributed by atoms with Crippen LogP contribution in [0.15, 0.2) is 47.4 Å². The minimum atomic E-state index is -1.17. The molecule has 0 radical (unpaired) electrons. The van der Waals surface area contributed by atoms with Crippen molar-refractivity contribution in [1.82, 2.24) is 4.90 Å². The van der Waals surface area contributed by atoms with Crippen molar-refractivity contribution < 1.29 is 38.6 Å². The number of hydrogen-bond donors (Lipinski definition) is 2. The number of amides is 3. The normalized spacial score (nSPS) is 14.2. The van der Waals surface area contributed by atoms with Crippen molar-refractivity contribution in [2.45, 2.75) is 6.92 Å². The Morgan fingerprint density at radius 3 is 2.63 bits per heavy atom. The van der Waals surface area contributed by atoms with Gasteiger partial charge in [0.15, 0.2) is 6.61 Å². The van der Waals surface area contributed by atoms with Gasteiger partial charge in [-0.05, 0) is 49.0 Å². The Bertz CT molecular complexity index is 1230. The summed E-state index contributed by atoms with van der Waals surface area (Å²) < 4.78 is 10.1. The number of esters is 1. The summed E-state index contributed by atoms with van der Waals surface area (Å²) in [5.74, 6) is -2.96. The standard InChI is InChI=1S/C23H19ClN2O8S/c1-2-33-22(31)15-10-14(7-8-16(15)24)25-19(27)11-26-21(30)18(35-23(26)32)9-13-5-3-4-6-17(13)34-12-20(28)29/h3-10H,2,11-12H2,1H3,(H,25,27)(H,28,29)/b18-9+. The molecule has 1 saturated heterocycles. The monoisotopic (exact) mass is 518 g/mol.